The second-order valence-corrected chi connectivity index (χ2v) is 8.17. The summed E-state index contributed by atoms with van der Waals surface area (Å²) in [5.74, 6) is 0.919. The summed E-state index contributed by atoms with van der Waals surface area (Å²) in [6, 6.07) is 33.8. The normalized spacial score (nSPS) is 12.1. The van der Waals surface area contributed by atoms with Crippen molar-refractivity contribution in [2.45, 2.75) is 0 Å². The molecule has 0 saturated heterocycles. The third kappa shape index (κ3) is 2.92. The molecule has 0 aliphatic rings. The molecule has 0 atom stereocenters. The average Bonchev–Trinajstić information content (AvgIpc) is 3.27. The van der Waals surface area contributed by atoms with Gasteiger partial charge in [-0.25, -0.2) is 4.98 Å². The fraction of sp³-hybridized carbons (Fsp3) is 0. The Balaban J connectivity index is 1.90. The standard InChI is InChI=1S/C31H22N2/c1-3-12-25-21(2)24-17-9-10-19-27(24)30-29(25)32-31(33(30)23-15-5-4-6-16-23)28-20-11-14-22-13-7-8-18-26(22)28/h3-20H,1-2H2/b25-12+. The Bertz CT molecular complexity index is 1790. The van der Waals surface area contributed by atoms with Crippen LogP contribution < -0.4 is 10.4 Å². The van der Waals surface area contributed by atoms with Gasteiger partial charge in [0.25, 0.3) is 0 Å². The van der Waals surface area contributed by atoms with Crippen LogP contribution in [0.25, 0.3) is 62.3 Å². The van der Waals surface area contributed by atoms with Crippen molar-refractivity contribution in [2.24, 2.45) is 0 Å². The van der Waals surface area contributed by atoms with E-state index in [0.717, 1.165) is 49.3 Å². The number of nitrogens with zero attached hydrogens (tertiary/aromatic N) is 2. The van der Waals surface area contributed by atoms with E-state index in [1.807, 2.05) is 18.2 Å². The van der Waals surface area contributed by atoms with E-state index >= 15 is 0 Å². The van der Waals surface area contributed by atoms with Crippen LogP contribution in [0.15, 0.2) is 110 Å². The van der Waals surface area contributed by atoms with Crippen LogP contribution in [0.5, 0.6) is 0 Å². The number of hydrogen-bond donors (Lipinski definition) is 0. The number of fused-ring (bicyclic) bond motifs is 4. The minimum Gasteiger partial charge on any atom is -0.292 e. The zero-order valence-electron chi connectivity index (χ0n) is 18.2. The van der Waals surface area contributed by atoms with Crippen molar-refractivity contribution in [3.05, 3.63) is 120 Å². The van der Waals surface area contributed by atoms with E-state index < -0.39 is 0 Å². The predicted molar refractivity (Wildman–Crippen MR) is 141 cm³/mol. The first-order valence-electron chi connectivity index (χ1n) is 11.1. The van der Waals surface area contributed by atoms with Gasteiger partial charge in [0, 0.05) is 21.9 Å². The van der Waals surface area contributed by atoms with Crippen molar-refractivity contribution >= 4 is 45.2 Å². The zero-order chi connectivity index (χ0) is 22.4. The summed E-state index contributed by atoms with van der Waals surface area (Å²) in [7, 11) is 0. The van der Waals surface area contributed by atoms with Crippen molar-refractivity contribution in [1.82, 2.24) is 9.55 Å². The second kappa shape index (κ2) is 7.61. The van der Waals surface area contributed by atoms with Crippen LogP contribution in [0.1, 0.15) is 0 Å². The Kier molecular flexibility index (Phi) is 4.44. The van der Waals surface area contributed by atoms with Gasteiger partial charge in [-0.15, -0.1) is 0 Å². The number of imidazole rings is 1. The molecule has 0 unspecified atom stereocenters. The average molecular weight is 423 g/mol. The maximum atomic E-state index is 5.28. The first-order valence-corrected chi connectivity index (χ1v) is 11.1. The molecule has 0 radical (unpaired) electrons. The Morgan fingerprint density at radius 2 is 1.36 bits per heavy atom. The van der Waals surface area contributed by atoms with E-state index in [4.69, 9.17) is 4.98 Å². The van der Waals surface area contributed by atoms with Gasteiger partial charge in [-0.2, -0.15) is 0 Å². The lowest BCUT2D eigenvalue weighted by Crippen LogP contribution is -2.25. The molecule has 156 valence electrons. The topological polar surface area (TPSA) is 17.8 Å². The van der Waals surface area contributed by atoms with Crippen LogP contribution in [-0.2, 0) is 0 Å². The van der Waals surface area contributed by atoms with Crippen molar-refractivity contribution in [2.75, 3.05) is 0 Å². The molecule has 0 spiro atoms. The van der Waals surface area contributed by atoms with Gasteiger partial charge in [-0.1, -0.05) is 110 Å². The fourth-order valence-electron chi connectivity index (χ4n) is 4.82. The van der Waals surface area contributed by atoms with Crippen molar-refractivity contribution in [1.29, 1.82) is 0 Å². The van der Waals surface area contributed by atoms with E-state index in [9.17, 15) is 0 Å². The lowest BCUT2D eigenvalue weighted by atomic mass is 10.0. The van der Waals surface area contributed by atoms with E-state index in [1.54, 1.807) is 0 Å². The van der Waals surface area contributed by atoms with Gasteiger partial charge in [-0.05, 0) is 33.5 Å². The fourth-order valence-corrected chi connectivity index (χ4v) is 4.82. The highest BCUT2D eigenvalue weighted by Gasteiger charge is 2.19. The quantitative estimate of drug-likeness (QED) is 0.324. The van der Waals surface area contributed by atoms with Gasteiger partial charge in [0.2, 0.25) is 0 Å². The van der Waals surface area contributed by atoms with Crippen LogP contribution in [0, 0.1) is 0 Å². The van der Waals surface area contributed by atoms with Crippen LogP contribution >= 0.6 is 0 Å². The summed E-state index contributed by atoms with van der Waals surface area (Å²) in [6.07, 6.45) is 3.84. The SMILES string of the molecule is C=C/C=c1\c(=C)c2ccccc2c2c1nc(-c1cccc3ccccc13)n2-c1ccccc1. The first kappa shape index (κ1) is 19.3. The van der Waals surface area contributed by atoms with Crippen LogP contribution in [0.4, 0.5) is 0 Å². The highest BCUT2D eigenvalue weighted by Crippen LogP contribution is 2.34. The van der Waals surface area contributed by atoms with Crippen LogP contribution in [0.3, 0.4) is 0 Å². The van der Waals surface area contributed by atoms with Gasteiger partial charge < -0.3 is 0 Å². The van der Waals surface area contributed by atoms with Gasteiger partial charge in [-0.3, -0.25) is 4.57 Å². The molecular weight excluding hydrogens is 400 g/mol. The molecule has 33 heavy (non-hydrogen) atoms. The van der Waals surface area contributed by atoms with Gasteiger partial charge in [0.1, 0.15) is 5.82 Å². The van der Waals surface area contributed by atoms with E-state index in [1.165, 1.54) is 10.8 Å². The smallest absolute Gasteiger partial charge is 0.146 e. The molecule has 1 aromatic heterocycles. The largest absolute Gasteiger partial charge is 0.292 e. The van der Waals surface area contributed by atoms with Crippen molar-refractivity contribution < 1.29 is 0 Å². The predicted octanol–water partition coefficient (Wildman–Crippen LogP) is 6.38. The maximum absolute atomic E-state index is 5.28. The third-order valence-corrected chi connectivity index (χ3v) is 6.29. The molecule has 2 heteroatoms. The second-order valence-electron chi connectivity index (χ2n) is 8.17. The number of benzene rings is 5. The van der Waals surface area contributed by atoms with Crippen molar-refractivity contribution in [3.8, 4) is 17.1 Å². The van der Waals surface area contributed by atoms with Crippen molar-refractivity contribution in [3.63, 3.8) is 0 Å². The Morgan fingerprint density at radius 1 is 0.697 bits per heavy atom. The molecule has 5 aromatic carbocycles. The van der Waals surface area contributed by atoms with E-state index in [2.05, 4.69) is 109 Å². The molecule has 0 amide bonds. The minimum absolute atomic E-state index is 0.919. The number of hydrogen-bond acceptors (Lipinski definition) is 1. The molecule has 0 aliphatic carbocycles. The third-order valence-electron chi connectivity index (χ3n) is 6.29. The molecule has 1 heterocycles. The summed E-state index contributed by atoms with van der Waals surface area (Å²) in [6.45, 7) is 8.38. The molecule has 2 nitrogen and oxygen atoms in total. The first-order chi connectivity index (χ1) is 16.3. The van der Waals surface area contributed by atoms with E-state index in [-0.39, 0.29) is 0 Å². The van der Waals surface area contributed by atoms with Gasteiger partial charge in [0.15, 0.2) is 0 Å². The number of rotatable bonds is 3. The molecule has 0 bridgehead atoms. The highest BCUT2D eigenvalue weighted by atomic mass is 15.1. The lowest BCUT2D eigenvalue weighted by Gasteiger charge is -2.13. The minimum atomic E-state index is 0.919. The molecule has 0 fully saturated rings. The summed E-state index contributed by atoms with van der Waals surface area (Å²) >= 11 is 0. The Labute approximate surface area is 192 Å². The van der Waals surface area contributed by atoms with Gasteiger partial charge >= 0.3 is 0 Å². The summed E-state index contributed by atoms with van der Waals surface area (Å²) in [5, 5.41) is 6.62. The van der Waals surface area contributed by atoms with E-state index in [0.29, 0.717) is 0 Å². The van der Waals surface area contributed by atoms with Gasteiger partial charge in [0.05, 0.1) is 11.0 Å². The Morgan fingerprint density at radius 3 is 2.15 bits per heavy atom. The maximum Gasteiger partial charge on any atom is 0.146 e. The highest BCUT2D eigenvalue weighted by molar-refractivity contribution is 6.08. The molecule has 0 aliphatic heterocycles. The van der Waals surface area contributed by atoms with Crippen LogP contribution in [-0.4, -0.2) is 9.55 Å². The molecule has 6 aromatic rings. The molecule has 0 N–H and O–H groups in total. The molecular formula is C31H22N2. The van der Waals surface area contributed by atoms with Crippen LogP contribution in [0.2, 0.25) is 0 Å². The number of allylic oxidation sites excluding steroid dienone is 1. The summed E-state index contributed by atoms with van der Waals surface area (Å²) < 4.78 is 2.29. The number of aromatic nitrogens is 2. The Hall–Kier alpha value is -4.43. The molecule has 0 saturated carbocycles. The summed E-state index contributed by atoms with van der Waals surface area (Å²) in [4.78, 5) is 5.28. The number of para-hydroxylation sites is 1. The zero-order valence-corrected chi connectivity index (χ0v) is 18.2. The lowest BCUT2D eigenvalue weighted by molar-refractivity contribution is 1.11. The summed E-state index contributed by atoms with van der Waals surface area (Å²) in [5.41, 5.74) is 4.20. The monoisotopic (exact) mass is 422 g/mol. The molecule has 6 rings (SSSR count).